The van der Waals surface area contributed by atoms with Gasteiger partial charge in [-0.25, -0.2) is 0 Å². The largest absolute Gasteiger partial charge is 0.327 e. The normalized spacial score (nSPS) is 16.2. The van der Waals surface area contributed by atoms with Crippen molar-refractivity contribution in [2.24, 2.45) is 5.73 Å². The van der Waals surface area contributed by atoms with Crippen LogP contribution in [0.4, 0.5) is 5.69 Å². The minimum absolute atomic E-state index is 0.170. The van der Waals surface area contributed by atoms with Crippen LogP contribution in [0.3, 0.4) is 0 Å². The number of para-hydroxylation sites is 1. The first-order valence-electron chi connectivity index (χ1n) is 6.94. The zero-order chi connectivity index (χ0) is 15.4. The molecule has 1 aromatic carbocycles. The summed E-state index contributed by atoms with van der Waals surface area (Å²) in [6, 6.07) is 6.92. The molecule has 1 unspecified atom stereocenters. The summed E-state index contributed by atoms with van der Waals surface area (Å²) in [7, 11) is 0. The van der Waals surface area contributed by atoms with Gasteiger partial charge in [0.2, 0.25) is 17.7 Å². The first kappa shape index (κ1) is 15.2. The van der Waals surface area contributed by atoms with Crippen molar-refractivity contribution in [3.8, 4) is 0 Å². The molecule has 6 heteroatoms. The third kappa shape index (κ3) is 3.88. The molecule has 6 nitrogen and oxygen atoms in total. The van der Waals surface area contributed by atoms with Crippen LogP contribution < -0.4 is 11.1 Å². The van der Waals surface area contributed by atoms with Gasteiger partial charge < -0.3 is 11.1 Å². The third-order valence-electron chi connectivity index (χ3n) is 3.28. The topological polar surface area (TPSA) is 92.5 Å². The highest BCUT2D eigenvalue weighted by Gasteiger charge is 2.29. The third-order valence-corrected chi connectivity index (χ3v) is 3.28. The van der Waals surface area contributed by atoms with Gasteiger partial charge in [-0.2, -0.15) is 0 Å². The summed E-state index contributed by atoms with van der Waals surface area (Å²) >= 11 is 0. The molecule has 3 N–H and O–H groups in total. The quantitative estimate of drug-likeness (QED) is 0.791. The number of amides is 3. The summed E-state index contributed by atoms with van der Waals surface area (Å²) in [5.74, 6) is -0.523. The molecular formula is C15H19N3O3. The van der Waals surface area contributed by atoms with Crippen LogP contribution >= 0.6 is 0 Å². The highest BCUT2D eigenvalue weighted by molar-refractivity contribution is 6.02. The van der Waals surface area contributed by atoms with Crippen LogP contribution in [0.1, 0.15) is 31.7 Å². The molecule has 0 aromatic heterocycles. The highest BCUT2D eigenvalue weighted by atomic mass is 16.2. The minimum Gasteiger partial charge on any atom is -0.327 e. The first-order chi connectivity index (χ1) is 9.97. The predicted octanol–water partition coefficient (Wildman–Crippen LogP) is 1.01. The molecule has 1 aliphatic rings. The number of carbonyl (C=O) groups is 3. The van der Waals surface area contributed by atoms with E-state index in [1.54, 1.807) is 25.1 Å². The van der Waals surface area contributed by atoms with Crippen molar-refractivity contribution in [1.82, 2.24) is 4.90 Å². The van der Waals surface area contributed by atoms with Crippen molar-refractivity contribution >= 4 is 23.4 Å². The van der Waals surface area contributed by atoms with Gasteiger partial charge in [0.1, 0.15) is 0 Å². The van der Waals surface area contributed by atoms with E-state index >= 15 is 0 Å². The Morgan fingerprint density at radius 1 is 1.29 bits per heavy atom. The molecule has 1 saturated heterocycles. The van der Waals surface area contributed by atoms with Crippen molar-refractivity contribution in [2.45, 2.75) is 38.8 Å². The number of carbonyl (C=O) groups excluding carboxylic acids is 3. The molecule has 0 aliphatic carbocycles. The van der Waals surface area contributed by atoms with Crippen LogP contribution in [0.5, 0.6) is 0 Å². The maximum Gasteiger partial charge on any atom is 0.229 e. The SMILES string of the molecule is CC(N)CC(=O)Nc1ccccc1CN1C(=O)CCC1=O. The van der Waals surface area contributed by atoms with Crippen molar-refractivity contribution in [1.29, 1.82) is 0 Å². The summed E-state index contributed by atoms with van der Waals surface area (Å²) < 4.78 is 0. The smallest absolute Gasteiger partial charge is 0.229 e. The number of hydrogen-bond acceptors (Lipinski definition) is 4. The van der Waals surface area contributed by atoms with E-state index in [1.807, 2.05) is 6.07 Å². The van der Waals surface area contributed by atoms with Crippen LogP contribution in [0.2, 0.25) is 0 Å². The lowest BCUT2D eigenvalue weighted by molar-refractivity contribution is -0.139. The number of benzene rings is 1. The van der Waals surface area contributed by atoms with Gasteiger partial charge >= 0.3 is 0 Å². The molecule has 112 valence electrons. The van der Waals surface area contributed by atoms with Crippen molar-refractivity contribution in [3.63, 3.8) is 0 Å². The maximum atomic E-state index is 11.8. The van der Waals surface area contributed by atoms with Gasteiger partial charge in [0.05, 0.1) is 6.54 Å². The van der Waals surface area contributed by atoms with Crippen LogP contribution in [-0.2, 0) is 20.9 Å². The van der Waals surface area contributed by atoms with E-state index in [-0.39, 0.29) is 49.6 Å². The molecule has 3 amide bonds. The van der Waals surface area contributed by atoms with E-state index in [4.69, 9.17) is 5.73 Å². The van der Waals surface area contributed by atoms with E-state index in [2.05, 4.69) is 5.32 Å². The molecular weight excluding hydrogens is 270 g/mol. The zero-order valence-corrected chi connectivity index (χ0v) is 12.0. The van der Waals surface area contributed by atoms with Gasteiger partial charge in [-0.05, 0) is 18.6 Å². The lowest BCUT2D eigenvalue weighted by atomic mass is 10.1. The Hall–Kier alpha value is -2.21. The Bertz CT molecular complexity index is 553. The first-order valence-corrected chi connectivity index (χ1v) is 6.94. The van der Waals surface area contributed by atoms with Crippen molar-refractivity contribution < 1.29 is 14.4 Å². The number of nitrogens with zero attached hydrogens (tertiary/aromatic N) is 1. The van der Waals surface area contributed by atoms with Gasteiger partial charge in [-0.1, -0.05) is 18.2 Å². The van der Waals surface area contributed by atoms with Gasteiger partial charge in [0.25, 0.3) is 0 Å². The summed E-state index contributed by atoms with van der Waals surface area (Å²) in [6.07, 6.45) is 0.742. The summed E-state index contributed by atoms with van der Waals surface area (Å²) in [6.45, 7) is 1.94. The second-order valence-electron chi connectivity index (χ2n) is 5.26. The Balaban J connectivity index is 2.11. The Morgan fingerprint density at radius 3 is 2.52 bits per heavy atom. The standard InChI is InChI=1S/C15H19N3O3/c1-10(16)8-13(19)17-12-5-3-2-4-11(12)9-18-14(20)6-7-15(18)21/h2-5,10H,6-9,16H2,1H3,(H,17,19). The molecule has 0 bridgehead atoms. The van der Waals surface area contributed by atoms with Gasteiger partial charge in [0, 0.05) is 31.0 Å². The monoisotopic (exact) mass is 289 g/mol. The summed E-state index contributed by atoms with van der Waals surface area (Å²) in [5.41, 5.74) is 6.94. The summed E-state index contributed by atoms with van der Waals surface area (Å²) in [4.78, 5) is 36.4. The van der Waals surface area contributed by atoms with E-state index in [0.29, 0.717) is 5.69 Å². The van der Waals surface area contributed by atoms with Crippen LogP contribution in [0, 0.1) is 0 Å². The van der Waals surface area contributed by atoms with E-state index in [0.717, 1.165) is 5.56 Å². The zero-order valence-electron chi connectivity index (χ0n) is 12.0. The molecule has 2 rings (SSSR count). The molecule has 1 aromatic rings. The molecule has 0 spiro atoms. The fraction of sp³-hybridized carbons (Fsp3) is 0.400. The fourth-order valence-corrected chi connectivity index (χ4v) is 2.24. The molecule has 0 saturated carbocycles. The van der Waals surface area contributed by atoms with E-state index in [1.165, 1.54) is 4.90 Å². The number of nitrogens with one attached hydrogen (secondary N) is 1. The minimum atomic E-state index is -0.223. The molecule has 21 heavy (non-hydrogen) atoms. The fourth-order valence-electron chi connectivity index (χ4n) is 2.24. The number of nitrogens with two attached hydrogens (primary N) is 1. The van der Waals surface area contributed by atoms with E-state index in [9.17, 15) is 14.4 Å². The second-order valence-corrected chi connectivity index (χ2v) is 5.26. The Kier molecular flexibility index (Phi) is 4.70. The average molecular weight is 289 g/mol. The molecule has 1 heterocycles. The van der Waals surface area contributed by atoms with Crippen LogP contribution in [-0.4, -0.2) is 28.7 Å². The number of anilines is 1. The number of hydrogen-bond donors (Lipinski definition) is 2. The van der Waals surface area contributed by atoms with Gasteiger partial charge in [0.15, 0.2) is 0 Å². The average Bonchev–Trinajstić information content (AvgIpc) is 2.71. The number of likely N-dealkylation sites (tertiary alicyclic amines) is 1. The van der Waals surface area contributed by atoms with Gasteiger partial charge in [-0.3, -0.25) is 19.3 Å². The second kappa shape index (κ2) is 6.49. The Morgan fingerprint density at radius 2 is 1.90 bits per heavy atom. The van der Waals surface area contributed by atoms with Crippen molar-refractivity contribution in [3.05, 3.63) is 29.8 Å². The van der Waals surface area contributed by atoms with E-state index < -0.39 is 0 Å². The molecule has 0 radical (unpaired) electrons. The molecule has 1 atom stereocenters. The molecule has 1 fully saturated rings. The number of imide groups is 1. The lowest BCUT2D eigenvalue weighted by Crippen LogP contribution is -2.29. The molecule has 1 aliphatic heterocycles. The van der Waals surface area contributed by atoms with Crippen LogP contribution in [0.15, 0.2) is 24.3 Å². The van der Waals surface area contributed by atoms with Gasteiger partial charge in [-0.15, -0.1) is 0 Å². The Labute approximate surface area is 123 Å². The lowest BCUT2D eigenvalue weighted by Gasteiger charge is -2.17. The predicted molar refractivity (Wildman–Crippen MR) is 78.1 cm³/mol. The van der Waals surface area contributed by atoms with Crippen LogP contribution in [0.25, 0.3) is 0 Å². The highest BCUT2D eigenvalue weighted by Crippen LogP contribution is 2.21. The number of rotatable bonds is 5. The summed E-state index contributed by atoms with van der Waals surface area (Å²) in [5, 5.41) is 2.78. The van der Waals surface area contributed by atoms with Crippen molar-refractivity contribution in [2.75, 3.05) is 5.32 Å². The maximum absolute atomic E-state index is 11.8.